The van der Waals surface area contributed by atoms with E-state index in [4.69, 9.17) is 15.1 Å². The number of nitrogens with two attached hydrogens (primary N) is 1. The summed E-state index contributed by atoms with van der Waals surface area (Å²) in [6, 6.07) is 9.04. The number of benzene rings is 1. The monoisotopic (exact) mass is 388 g/mol. The van der Waals surface area contributed by atoms with Crippen LogP contribution >= 0.6 is 11.8 Å². The molecule has 0 aliphatic rings. The van der Waals surface area contributed by atoms with Gasteiger partial charge < -0.3 is 20.4 Å². The summed E-state index contributed by atoms with van der Waals surface area (Å²) in [6.45, 7) is 6.02. The predicted octanol–water partition coefficient (Wildman–Crippen LogP) is 2.47. The highest BCUT2D eigenvalue weighted by molar-refractivity contribution is 8.00. The average Bonchev–Trinajstić information content (AvgIpc) is 3.22. The number of carbonyl (C=O) groups excluding carboxylic acids is 1. The Bertz CT molecular complexity index is 921. The van der Waals surface area contributed by atoms with Gasteiger partial charge in [-0.25, -0.2) is 4.68 Å². The third-order valence-electron chi connectivity index (χ3n) is 3.62. The minimum absolute atomic E-state index is 0.237. The number of hydrogen-bond acceptors (Lipinski definition) is 8. The van der Waals surface area contributed by atoms with E-state index < -0.39 is 5.25 Å². The van der Waals surface area contributed by atoms with Crippen LogP contribution in [0, 0.1) is 6.92 Å². The first kappa shape index (κ1) is 18.8. The van der Waals surface area contributed by atoms with Crippen LogP contribution in [-0.2, 0) is 4.79 Å². The fourth-order valence-corrected chi connectivity index (χ4v) is 3.06. The van der Waals surface area contributed by atoms with Crippen molar-refractivity contribution in [2.24, 2.45) is 0 Å². The molecule has 2 aromatic heterocycles. The Morgan fingerprint density at radius 1 is 1.37 bits per heavy atom. The first-order valence-electron chi connectivity index (χ1n) is 8.32. The highest BCUT2D eigenvalue weighted by atomic mass is 32.2. The summed E-state index contributed by atoms with van der Waals surface area (Å²) in [5.74, 6) is 8.14. The second-order valence-electron chi connectivity index (χ2n) is 5.71. The number of hydrogen-bond donors (Lipinski definition) is 2. The SMILES string of the molecule is CCOc1ccc(-c2nnc(S[C@H](C)C(=O)Nc3cc(C)on3)n2N)cc1. The fraction of sp³-hybridized carbons (Fsp3) is 0.294. The predicted molar refractivity (Wildman–Crippen MR) is 102 cm³/mol. The Labute approximate surface area is 160 Å². The van der Waals surface area contributed by atoms with E-state index in [1.54, 1.807) is 19.9 Å². The lowest BCUT2D eigenvalue weighted by Crippen LogP contribution is -2.23. The maximum absolute atomic E-state index is 12.3. The molecule has 1 aromatic carbocycles. The lowest BCUT2D eigenvalue weighted by Gasteiger charge is -2.10. The number of amides is 1. The minimum atomic E-state index is -0.457. The van der Waals surface area contributed by atoms with Gasteiger partial charge in [0.2, 0.25) is 11.1 Å². The van der Waals surface area contributed by atoms with E-state index in [1.165, 1.54) is 16.4 Å². The van der Waals surface area contributed by atoms with Gasteiger partial charge in [0.15, 0.2) is 11.6 Å². The molecule has 3 N–H and O–H groups in total. The lowest BCUT2D eigenvalue weighted by atomic mass is 10.2. The van der Waals surface area contributed by atoms with Crippen LogP contribution in [-0.4, -0.2) is 37.8 Å². The van der Waals surface area contributed by atoms with Gasteiger partial charge in [-0.1, -0.05) is 16.9 Å². The zero-order valence-electron chi connectivity index (χ0n) is 15.2. The summed E-state index contributed by atoms with van der Waals surface area (Å²) in [5.41, 5.74) is 0.801. The molecule has 27 heavy (non-hydrogen) atoms. The number of aromatic nitrogens is 4. The Kier molecular flexibility index (Phi) is 5.65. The quantitative estimate of drug-likeness (QED) is 0.468. The van der Waals surface area contributed by atoms with Crippen molar-refractivity contribution in [3.63, 3.8) is 0 Å². The van der Waals surface area contributed by atoms with Crippen molar-refractivity contribution in [1.82, 2.24) is 20.0 Å². The third-order valence-corrected chi connectivity index (χ3v) is 4.68. The van der Waals surface area contributed by atoms with Gasteiger partial charge in [0.05, 0.1) is 11.9 Å². The van der Waals surface area contributed by atoms with E-state index in [0.717, 1.165) is 11.3 Å². The summed E-state index contributed by atoms with van der Waals surface area (Å²) in [7, 11) is 0. The molecule has 0 unspecified atom stereocenters. The number of nitrogen functional groups attached to an aromatic ring is 1. The Balaban J connectivity index is 1.68. The fourth-order valence-electron chi connectivity index (χ4n) is 2.29. The standard InChI is InChI=1S/C17H20N6O3S/c1-4-25-13-7-5-12(6-8-13)15-20-21-17(23(15)18)27-11(3)16(24)19-14-9-10(2)26-22-14/h5-9,11H,4,18H2,1-3H3,(H,19,22,24)/t11-/m1/s1. The van der Waals surface area contributed by atoms with Crippen molar-refractivity contribution in [3.05, 3.63) is 36.1 Å². The van der Waals surface area contributed by atoms with Crippen LogP contribution in [0.2, 0.25) is 0 Å². The number of rotatable bonds is 7. The summed E-state index contributed by atoms with van der Waals surface area (Å²) >= 11 is 1.20. The van der Waals surface area contributed by atoms with Gasteiger partial charge in [0, 0.05) is 11.6 Å². The van der Waals surface area contributed by atoms with Crippen LogP contribution in [0.15, 0.2) is 40.0 Å². The van der Waals surface area contributed by atoms with Gasteiger partial charge in [-0.05, 0) is 45.0 Å². The average molecular weight is 388 g/mol. The molecule has 0 fully saturated rings. The van der Waals surface area contributed by atoms with Crippen LogP contribution in [0.1, 0.15) is 19.6 Å². The molecule has 1 amide bonds. The summed E-state index contributed by atoms with van der Waals surface area (Å²) in [5, 5.41) is 14.6. The number of thioether (sulfide) groups is 1. The number of carbonyl (C=O) groups is 1. The zero-order chi connectivity index (χ0) is 19.4. The van der Waals surface area contributed by atoms with Gasteiger partial charge in [0.25, 0.3) is 0 Å². The van der Waals surface area contributed by atoms with Crippen LogP contribution in [0.3, 0.4) is 0 Å². The molecule has 0 spiro atoms. The third kappa shape index (κ3) is 4.40. The van der Waals surface area contributed by atoms with E-state index in [0.29, 0.717) is 29.2 Å². The summed E-state index contributed by atoms with van der Waals surface area (Å²) < 4.78 is 11.7. The molecule has 3 rings (SSSR count). The smallest absolute Gasteiger partial charge is 0.238 e. The van der Waals surface area contributed by atoms with Crippen LogP contribution in [0.5, 0.6) is 5.75 Å². The molecule has 142 valence electrons. The van der Waals surface area contributed by atoms with Crippen LogP contribution < -0.4 is 15.9 Å². The normalized spacial score (nSPS) is 12.0. The molecule has 0 saturated carbocycles. The molecule has 0 bridgehead atoms. The summed E-state index contributed by atoms with van der Waals surface area (Å²) in [6.07, 6.45) is 0. The summed E-state index contributed by atoms with van der Waals surface area (Å²) in [4.78, 5) is 12.3. The number of nitrogens with one attached hydrogen (secondary N) is 1. The van der Waals surface area contributed by atoms with Gasteiger partial charge in [-0.2, -0.15) is 0 Å². The molecule has 9 nitrogen and oxygen atoms in total. The van der Waals surface area contributed by atoms with Gasteiger partial charge in [-0.15, -0.1) is 10.2 Å². The zero-order valence-corrected chi connectivity index (χ0v) is 16.0. The van der Waals surface area contributed by atoms with Crippen molar-refractivity contribution in [3.8, 4) is 17.1 Å². The molecule has 1 atom stereocenters. The minimum Gasteiger partial charge on any atom is -0.494 e. The van der Waals surface area contributed by atoms with E-state index >= 15 is 0 Å². The molecule has 10 heteroatoms. The molecule has 3 aromatic rings. The molecule has 2 heterocycles. The largest absolute Gasteiger partial charge is 0.494 e. The molecule has 0 aliphatic heterocycles. The number of aryl methyl sites for hydroxylation is 1. The molecule has 0 radical (unpaired) electrons. The van der Waals surface area contributed by atoms with Crippen molar-refractivity contribution >= 4 is 23.5 Å². The van der Waals surface area contributed by atoms with E-state index in [1.807, 2.05) is 31.2 Å². The number of ether oxygens (including phenoxy) is 1. The van der Waals surface area contributed by atoms with Crippen molar-refractivity contribution in [2.45, 2.75) is 31.2 Å². The Morgan fingerprint density at radius 2 is 2.11 bits per heavy atom. The van der Waals surface area contributed by atoms with Gasteiger partial charge in [0.1, 0.15) is 11.5 Å². The van der Waals surface area contributed by atoms with Crippen molar-refractivity contribution < 1.29 is 14.1 Å². The van der Waals surface area contributed by atoms with Crippen LogP contribution in [0.25, 0.3) is 11.4 Å². The van der Waals surface area contributed by atoms with E-state index in [2.05, 4.69) is 20.7 Å². The van der Waals surface area contributed by atoms with Crippen molar-refractivity contribution in [1.29, 1.82) is 0 Å². The van der Waals surface area contributed by atoms with Gasteiger partial charge in [-0.3, -0.25) is 4.79 Å². The second kappa shape index (κ2) is 8.12. The maximum atomic E-state index is 12.3. The molecular formula is C17H20N6O3S. The van der Waals surface area contributed by atoms with Crippen molar-refractivity contribution in [2.75, 3.05) is 17.8 Å². The molecule has 0 saturated heterocycles. The molecule has 0 aliphatic carbocycles. The first-order chi connectivity index (χ1) is 13.0. The van der Waals surface area contributed by atoms with E-state index in [9.17, 15) is 4.79 Å². The highest BCUT2D eigenvalue weighted by Gasteiger charge is 2.21. The van der Waals surface area contributed by atoms with Crippen LogP contribution in [0.4, 0.5) is 5.82 Å². The second-order valence-corrected chi connectivity index (χ2v) is 7.01. The maximum Gasteiger partial charge on any atom is 0.238 e. The Morgan fingerprint density at radius 3 is 2.74 bits per heavy atom. The lowest BCUT2D eigenvalue weighted by molar-refractivity contribution is -0.115. The van der Waals surface area contributed by atoms with Gasteiger partial charge >= 0.3 is 0 Å². The Hall–Kier alpha value is -3.01. The number of anilines is 1. The number of nitrogens with zero attached hydrogens (tertiary/aromatic N) is 4. The topological polar surface area (TPSA) is 121 Å². The van der Waals surface area contributed by atoms with E-state index in [-0.39, 0.29) is 5.91 Å². The highest BCUT2D eigenvalue weighted by Crippen LogP contribution is 2.26. The first-order valence-corrected chi connectivity index (χ1v) is 9.20. The molecular weight excluding hydrogens is 368 g/mol.